The first-order valence-electron chi connectivity index (χ1n) is 13.0. The molecule has 7 rings (SSSR count). The minimum Gasteiger partial charge on any atom is -0.352 e. The molecule has 1 N–H and O–H groups in total. The molecule has 4 aromatic carbocycles. The van der Waals surface area contributed by atoms with Gasteiger partial charge in [0.25, 0.3) is 0 Å². The Balaban J connectivity index is 1.54. The molecule has 0 aliphatic carbocycles. The molecule has 1 amide bonds. The third-order valence-electron chi connectivity index (χ3n) is 8.33. The molecular formula is C33H22Cl2N2O3. The lowest BCUT2D eigenvalue weighted by Crippen LogP contribution is -2.51. The van der Waals surface area contributed by atoms with Crippen molar-refractivity contribution < 1.29 is 14.4 Å². The Hall–Kier alpha value is -4.19. The Morgan fingerprint density at radius 2 is 1.45 bits per heavy atom. The number of amides is 1. The minimum atomic E-state index is -1.36. The molecule has 5 nitrogen and oxygen atoms in total. The van der Waals surface area contributed by atoms with Crippen molar-refractivity contribution in [3.63, 3.8) is 0 Å². The summed E-state index contributed by atoms with van der Waals surface area (Å²) in [6.45, 7) is 0. The first-order valence-corrected chi connectivity index (χ1v) is 13.7. The number of hydrogen-bond donors (Lipinski definition) is 1. The second-order valence-electron chi connectivity index (χ2n) is 10.3. The molecule has 0 aromatic heterocycles. The number of rotatable bonds is 4. The quantitative estimate of drug-likeness (QED) is 0.275. The topological polar surface area (TPSA) is 66.5 Å². The monoisotopic (exact) mass is 564 g/mol. The van der Waals surface area contributed by atoms with Crippen molar-refractivity contribution in [1.29, 1.82) is 0 Å². The van der Waals surface area contributed by atoms with Crippen LogP contribution in [0.5, 0.6) is 0 Å². The van der Waals surface area contributed by atoms with Gasteiger partial charge in [0, 0.05) is 32.5 Å². The summed E-state index contributed by atoms with van der Waals surface area (Å²) in [4.78, 5) is 45.5. The van der Waals surface area contributed by atoms with Crippen molar-refractivity contribution in [3.8, 4) is 0 Å². The number of para-hydroxylation sites is 1. The summed E-state index contributed by atoms with van der Waals surface area (Å²) < 4.78 is 0. The van der Waals surface area contributed by atoms with E-state index in [4.69, 9.17) is 23.2 Å². The molecule has 0 bridgehead atoms. The van der Waals surface area contributed by atoms with Crippen LogP contribution in [0.15, 0.2) is 103 Å². The van der Waals surface area contributed by atoms with Crippen LogP contribution in [-0.2, 0) is 10.2 Å². The maximum absolute atomic E-state index is 14.7. The SMILES string of the molecule is O=C(c1ccccc1)[C@@H]1[C@H](C(=O)c2ccc(Cl)cc2)[C@@]2(C(=O)Nc3ccccc32)[C@H]2C=Cc3cc(Cl)ccc3N12. The van der Waals surface area contributed by atoms with E-state index in [1.54, 1.807) is 54.6 Å². The Kier molecular flexibility index (Phi) is 5.70. The molecule has 7 heteroatoms. The number of Topliss-reactive ketones (excluding diaryl/α,β-unsaturated/α-hetero) is 2. The van der Waals surface area contributed by atoms with E-state index < -0.39 is 23.4 Å². The molecule has 4 atom stereocenters. The lowest BCUT2D eigenvalue weighted by atomic mass is 9.64. The van der Waals surface area contributed by atoms with E-state index in [2.05, 4.69) is 5.32 Å². The second kappa shape index (κ2) is 9.19. The van der Waals surface area contributed by atoms with Gasteiger partial charge < -0.3 is 10.2 Å². The molecular weight excluding hydrogens is 543 g/mol. The fourth-order valence-electron chi connectivity index (χ4n) is 6.72. The van der Waals surface area contributed by atoms with Gasteiger partial charge in [-0.05, 0) is 59.7 Å². The van der Waals surface area contributed by atoms with Crippen LogP contribution < -0.4 is 10.2 Å². The Morgan fingerprint density at radius 1 is 0.775 bits per heavy atom. The second-order valence-corrected chi connectivity index (χ2v) is 11.2. The van der Waals surface area contributed by atoms with Gasteiger partial charge in [0.05, 0.1) is 12.0 Å². The standard InChI is InChI=1S/C33H22Cl2N2O3/c34-22-13-10-20(11-14-22)30(38)28-29(31(39)19-6-2-1-3-7-19)37-26-16-15-23(35)18-21(26)12-17-27(37)33(28)24-8-4-5-9-25(24)36-32(33)40/h1-18,27-29H,(H,36,40)/t27-,28-,29+,33+/m1/s1. The van der Waals surface area contributed by atoms with Gasteiger partial charge >= 0.3 is 0 Å². The number of carbonyl (C=O) groups is 3. The van der Waals surface area contributed by atoms with Gasteiger partial charge in [-0.3, -0.25) is 14.4 Å². The zero-order valence-electron chi connectivity index (χ0n) is 21.1. The molecule has 4 aromatic rings. The molecule has 40 heavy (non-hydrogen) atoms. The van der Waals surface area contributed by atoms with E-state index in [0.717, 1.165) is 11.3 Å². The summed E-state index contributed by atoms with van der Waals surface area (Å²) in [5.74, 6) is -1.87. The summed E-state index contributed by atoms with van der Waals surface area (Å²) >= 11 is 12.5. The van der Waals surface area contributed by atoms with E-state index in [1.165, 1.54) is 0 Å². The van der Waals surface area contributed by atoms with Crippen molar-refractivity contribution in [2.75, 3.05) is 10.2 Å². The van der Waals surface area contributed by atoms with Gasteiger partial charge in [-0.1, -0.05) is 83.9 Å². The fraction of sp³-hybridized carbons (Fsp3) is 0.121. The Bertz CT molecular complexity index is 1730. The van der Waals surface area contributed by atoms with Gasteiger partial charge in [-0.15, -0.1) is 0 Å². The molecule has 1 fully saturated rings. The Morgan fingerprint density at radius 3 is 2.23 bits per heavy atom. The van der Waals surface area contributed by atoms with Crippen LogP contribution in [0.1, 0.15) is 31.8 Å². The van der Waals surface area contributed by atoms with Gasteiger partial charge in [0.2, 0.25) is 5.91 Å². The maximum atomic E-state index is 14.7. The van der Waals surface area contributed by atoms with Crippen LogP contribution in [0.25, 0.3) is 6.08 Å². The molecule has 3 aliphatic heterocycles. The van der Waals surface area contributed by atoms with Crippen molar-refractivity contribution >= 4 is 58.1 Å². The first-order chi connectivity index (χ1) is 19.4. The predicted octanol–water partition coefficient (Wildman–Crippen LogP) is 6.85. The lowest BCUT2D eigenvalue weighted by molar-refractivity contribution is -0.121. The molecule has 0 saturated carbocycles. The smallest absolute Gasteiger partial charge is 0.238 e. The van der Waals surface area contributed by atoms with Crippen molar-refractivity contribution in [3.05, 3.63) is 135 Å². The molecule has 196 valence electrons. The number of carbonyl (C=O) groups excluding carboxylic acids is 3. The molecule has 0 unspecified atom stereocenters. The summed E-state index contributed by atoms with van der Waals surface area (Å²) in [6, 6.07) is 26.9. The van der Waals surface area contributed by atoms with Gasteiger partial charge in [0.15, 0.2) is 11.6 Å². The first kappa shape index (κ1) is 24.8. The van der Waals surface area contributed by atoms with Crippen molar-refractivity contribution in [1.82, 2.24) is 0 Å². The Labute approximate surface area is 241 Å². The average Bonchev–Trinajstić information content (AvgIpc) is 3.45. The highest BCUT2D eigenvalue weighted by atomic mass is 35.5. The van der Waals surface area contributed by atoms with Crippen LogP contribution in [0.2, 0.25) is 10.0 Å². The van der Waals surface area contributed by atoms with Gasteiger partial charge in [-0.2, -0.15) is 0 Å². The van der Waals surface area contributed by atoms with Crippen LogP contribution in [-0.4, -0.2) is 29.6 Å². The molecule has 1 saturated heterocycles. The number of nitrogens with zero attached hydrogens (tertiary/aromatic N) is 1. The molecule has 3 heterocycles. The van der Waals surface area contributed by atoms with Crippen LogP contribution in [0, 0.1) is 5.92 Å². The number of anilines is 2. The summed E-state index contributed by atoms with van der Waals surface area (Å²) in [7, 11) is 0. The summed E-state index contributed by atoms with van der Waals surface area (Å²) in [6.07, 6.45) is 3.86. The normalized spacial score (nSPS) is 23.9. The lowest BCUT2D eigenvalue weighted by Gasteiger charge is -2.37. The van der Waals surface area contributed by atoms with E-state index in [1.807, 2.05) is 59.5 Å². The van der Waals surface area contributed by atoms with Gasteiger partial charge in [-0.25, -0.2) is 0 Å². The largest absolute Gasteiger partial charge is 0.352 e. The van der Waals surface area contributed by atoms with Crippen molar-refractivity contribution in [2.24, 2.45) is 5.92 Å². The number of ketones is 2. The van der Waals surface area contributed by atoms with E-state index >= 15 is 0 Å². The number of halogens is 2. The zero-order chi connectivity index (χ0) is 27.6. The number of benzene rings is 4. The number of fused-ring (bicyclic) bond motifs is 6. The minimum absolute atomic E-state index is 0.233. The van der Waals surface area contributed by atoms with E-state index in [9.17, 15) is 14.4 Å². The third-order valence-corrected chi connectivity index (χ3v) is 8.82. The zero-order valence-corrected chi connectivity index (χ0v) is 22.6. The van der Waals surface area contributed by atoms with E-state index in [0.29, 0.717) is 32.4 Å². The molecule has 3 aliphatic rings. The van der Waals surface area contributed by atoms with Crippen LogP contribution in [0.4, 0.5) is 11.4 Å². The highest BCUT2D eigenvalue weighted by Crippen LogP contribution is 2.58. The fourth-order valence-corrected chi connectivity index (χ4v) is 7.02. The van der Waals surface area contributed by atoms with Crippen molar-refractivity contribution in [2.45, 2.75) is 17.5 Å². The molecule has 1 spiro atoms. The average molecular weight is 565 g/mol. The summed E-state index contributed by atoms with van der Waals surface area (Å²) in [5, 5.41) is 4.08. The predicted molar refractivity (Wildman–Crippen MR) is 157 cm³/mol. The summed E-state index contributed by atoms with van der Waals surface area (Å²) in [5.41, 5.74) is 2.39. The van der Waals surface area contributed by atoms with Crippen LogP contribution >= 0.6 is 23.2 Å². The number of hydrogen-bond acceptors (Lipinski definition) is 4. The van der Waals surface area contributed by atoms with E-state index in [-0.39, 0.29) is 17.5 Å². The maximum Gasteiger partial charge on any atom is 0.238 e. The van der Waals surface area contributed by atoms with Gasteiger partial charge in [0.1, 0.15) is 11.5 Å². The molecule has 0 radical (unpaired) electrons. The third kappa shape index (κ3) is 3.44. The van der Waals surface area contributed by atoms with Crippen LogP contribution in [0.3, 0.4) is 0 Å². The highest BCUT2D eigenvalue weighted by molar-refractivity contribution is 6.31. The number of nitrogens with one attached hydrogen (secondary N) is 1. The highest BCUT2D eigenvalue weighted by Gasteiger charge is 2.70.